The Morgan fingerprint density at radius 2 is 1.88 bits per heavy atom. The SMILES string of the molecule is CCOc1cc([C@@H](C[N+](=O)[O-])c2c[nH]c3ccccc23)ccc1OCc1cccc(F)c1. The molecular weight excluding hydrogens is 411 g/mol. The second-order valence-electron chi connectivity index (χ2n) is 7.42. The maximum absolute atomic E-state index is 13.4. The van der Waals surface area contributed by atoms with Gasteiger partial charge in [0.15, 0.2) is 11.5 Å². The first-order valence-corrected chi connectivity index (χ1v) is 10.4. The molecule has 0 amide bonds. The smallest absolute Gasteiger partial charge is 0.214 e. The van der Waals surface area contributed by atoms with Gasteiger partial charge in [-0.3, -0.25) is 10.1 Å². The van der Waals surface area contributed by atoms with Crippen LogP contribution in [0, 0.1) is 15.9 Å². The molecule has 4 rings (SSSR count). The molecule has 32 heavy (non-hydrogen) atoms. The number of aromatic amines is 1. The summed E-state index contributed by atoms with van der Waals surface area (Å²) in [7, 11) is 0. The van der Waals surface area contributed by atoms with Crippen LogP contribution in [0.3, 0.4) is 0 Å². The second-order valence-corrected chi connectivity index (χ2v) is 7.42. The van der Waals surface area contributed by atoms with Crippen molar-refractivity contribution in [3.8, 4) is 11.5 Å². The molecule has 1 N–H and O–H groups in total. The number of halogens is 1. The fourth-order valence-electron chi connectivity index (χ4n) is 3.83. The lowest BCUT2D eigenvalue weighted by Gasteiger charge is -2.17. The van der Waals surface area contributed by atoms with Gasteiger partial charge in [-0.2, -0.15) is 0 Å². The highest BCUT2D eigenvalue weighted by molar-refractivity contribution is 5.84. The maximum atomic E-state index is 13.4. The van der Waals surface area contributed by atoms with E-state index in [0.717, 1.165) is 22.0 Å². The molecule has 0 saturated carbocycles. The molecule has 0 aliphatic carbocycles. The molecule has 3 aromatic carbocycles. The van der Waals surface area contributed by atoms with E-state index in [4.69, 9.17) is 9.47 Å². The molecule has 7 heteroatoms. The molecule has 0 saturated heterocycles. The van der Waals surface area contributed by atoms with Gasteiger partial charge >= 0.3 is 0 Å². The third kappa shape index (κ3) is 4.72. The zero-order valence-electron chi connectivity index (χ0n) is 17.6. The number of benzene rings is 3. The van der Waals surface area contributed by atoms with Crippen LogP contribution in [0.25, 0.3) is 10.9 Å². The Morgan fingerprint density at radius 3 is 2.66 bits per heavy atom. The van der Waals surface area contributed by atoms with Gasteiger partial charge in [0.05, 0.1) is 12.5 Å². The molecule has 1 heterocycles. The average Bonchev–Trinajstić information content (AvgIpc) is 3.21. The molecule has 4 aromatic rings. The van der Waals surface area contributed by atoms with Gasteiger partial charge in [0.1, 0.15) is 12.4 Å². The number of nitrogens with zero attached hydrogens (tertiary/aromatic N) is 1. The van der Waals surface area contributed by atoms with Crippen LogP contribution < -0.4 is 9.47 Å². The van der Waals surface area contributed by atoms with Crippen LogP contribution in [0.5, 0.6) is 11.5 Å². The number of fused-ring (bicyclic) bond motifs is 1. The van der Waals surface area contributed by atoms with Crippen LogP contribution >= 0.6 is 0 Å². The Kier molecular flexibility index (Phi) is 6.35. The molecule has 0 bridgehead atoms. The highest BCUT2D eigenvalue weighted by Crippen LogP contribution is 2.36. The fourth-order valence-corrected chi connectivity index (χ4v) is 3.83. The van der Waals surface area contributed by atoms with E-state index in [1.54, 1.807) is 24.3 Å². The molecule has 0 fully saturated rings. The molecular formula is C25H23FN2O4. The van der Waals surface area contributed by atoms with Crippen molar-refractivity contribution in [2.45, 2.75) is 19.4 Å². The van der Waals surface area contributed by atoms with Gasteiger partial charge < -0.3 is 14.5 Å². The van der Waals surface area contributed by atoms with Crippen molar-refractivity contribution in [2.24, 2.45) is 0 Å². The Bertz CT molecular complexity index is 1240. The molecule has 0 aliphatic rings. The van der Waals surface area contributed by atoms with Crippen molar-refractivity contribution in [2.75, 3.05) is 13.2 Å². The highest BCUT2D eigenvalue weighted by atomic mass is 19.1. The van der Waals surface area contributed by atoms with Crippen molar-refractivity contribution in [3.05, 3.63) is 106 Å². The minimum Gasteiger partial charge on any atom is -0.490 e. The quantitative estimate of drug-likeness (QED) is 0.271. The van der Waals surface area contributed by atoms with E-state index in [1.165, 1.54) is 12.1 Å². The lowest BCUT2D eigenvalue weighted by molar-refractivity contribution is -0.481. The van der Waals surface area contributed by atoms with Gasteiger partial charge in [-0.1, -0.05) is 36.4 Å². The number of ether oxygens (including phenoxy) is 2. The molecule has 0 unspecified atom stereocenters. The number of para-hydroxylation sites is 1. The molecule has 1 aromatic heterocycles. The van der Waals surface area contributed by atoms with Gasteiger partial charge in [-0.15, -0.1) is 0 Å². The van der Waals surface area contributed by atoms with Crippen molar-refractivity contribution in [1.82, 2.24) is 4.98 Å². The lowest BCUT2D eigenvalue weighted by Crippen LogP contribution is -2.14. The van der Waals surface area contributed by atoms with Crippen molar-refractivity contribution < 1.29 is 18.8 Å². The number of hydrogen-bond donors (Lipinski definition) is 1. The number of H-pyrrole nitrogens is 1. The van der Waals surface area contributed by atoms with Gasteiger partial charge in [0.25, 0.3) is 0 Å². The van der Waals surface area contributed by atoms with Gasteiger partial charge in [-0.25, -0.2) is 4.39 Å². The monoisotopic (exact) mass is 434 g/mol. The normalized spacial score (nSPS) is 11.9. The van der Waals surface area contributed by atoms with E-state index >= 15 is 0 Å². The van der Waals surface area contributed by atoms with Gasteiger partial charge in [0, 0.05) is 22.0 Å². The lowest BCUT2D eigenvalue weighted by atomic mass is 9.90. The summed E-state index contributed by atoms with van der Waals surface area (Å²) < 4.78 is 25.1. The summed E-state index contributed by atoms with van der Waals surface area (Å²) in [5.41, 5.74) is 3.23. The molecule has 164 valence electrons. The Morgan fingerprint density at radius 1 is 1.03 bits per heavy atom. The molecule has 0 aliphatic heterocycles. The third-order valence-corrected chi connectivity index (χ3v) is 5.28. The average molecular weight is 434 g/mol. The predicted molar refractivity (Wildman–Crippen MR) is 120 cm³/mol. The van der Waals surface area contributed by atoms with Crippen molar-refractivity contribution in [3.63, 3.8) is 0 Å². The summed E-state index contributed by atoms with van der Waals surface area (Å²) in [6.07, 6.45) is 1.83. The van der Waals surface area contributed by atoms with Gasteiger partial charge in [-0.05, 0) is 53.9 Å². The number of hydrogen-bond acceptors (Lipinski definition) is 4. The largest absolute Gasteiger partial charge is 0.490 e. The first kappa shape index (κ1) is 21.4. The maximum Gasteiger partial charge on any atom is 0.214 e. The Labute approximate surface area is 184 Å². The van der Waals surface area contributed by atoms with Gasteiger partial charge in [0.2, 0.25) is 6.54 Å². The zero-order valence-corrected chi connectivity index (χ0v) is 17.6. The Balaban J connectivity index is 1.67. The summed E-state index contributed by atoms with van der Waals surface area (Å²) in [5.74, 6) is 0.207. The van der Waals surface area contributed by atoms with Crippen LogP contribution in [0.2, 0.25) is 0 Å². The summed E-state index contributed by atoms with van der Waals surface area (Å²) >= 11 is 0. The van der Waals surface area contributed by atoms with E-state index < -0.39 is 5.92 Å². The summed E-state index contributed by atoms with van der Waals surface area (Å²) in [4.78, 5) is 14.4. The topological polar surface area (TPSA) is 77.4 Å². The van der Waals surface area contributed by atoms with E-state index in [2.05, 4.69) is 4.98 Å². The van der Waals surface area contributed by atoms with Crippen LogP contribution in [0.1, 0.15) is 29.5 Å². The highest BCUT2D eigenvalue weighted by Gasteiger charge is 2.24. The predicted octanol–water partition coefficient (Wildman–Crippen LogP) is 5.69. The van der Waals surface area contributed by atoms with E-state index in [9.17, 15) is 14.5 Å². The van der Waals surface area contributed by atoms with E-state index in [1.807, 2.05) is 43.5 Å². The van der Waals surface area contributed by atoms with Crippen molar-refractivity contribution in [1.29, 1.82) is 0 Å². The number of rotatable bonds is 9. The molecule has 0 spiro atoms. The van der Waals surface area contributed by atoms with E-state index in [-0.39, 0.29) is 23.9 Å². The van der Waals surface area contributed by atoms with Crippen LogP contribution in [-0.2, 0) is 6.61 Å². The Hall–Kier alpha value is -3.87. The summed E-state index contributed by atoms with van der Waals surface area (Å²) in [6.45, 7) is 2.19. The number of aromatic nitrogens is 1. The summed E-state index contributed by atoms with van der Waals surface area (Å²) in [6, 6.07) is 19.3. The fraction of sp³-hybridized carbons (Fsp3) is 0.200. The second kappa shape index (κ2) is 9.51. The molecule has 6 nitrogen and oxygen atoms in total. The first-order valence-electron chi connectivity index (χ1n) is 10.4. The standard InChI is InChI=1S/C25H23FN2O4/c1-2-31-25-13-18(10-11-24(25)32-16-17-6-5-7-19(26)12-17)22(15-28(29)30)21-14-27-23-9-4-3-8-20(21)23/h3-14,22,27H,2,15-16H2,1H3/t22-/m1/s1. The minimum absolute atomic E-state index is 0.179. The van der Waals surface area contributed by atoms with Crippen LogP contribution in [0.15, 0.2) is 72.9 Å². The molecule has 1 atom stereocenters. The zero-order chi connectivity index (χ0) is 22.5. The van der Waals surface area contributed by atoms with Crippen LogP contribution in [-0.4, -0.2) is 23.1 Å². The number of nitro groups is 1. The van der Waals surface area contributed by atoms with Crippen molar-refractivity contribution >= 4 is 10.9 Å². The molecule has 0 radical (unpaired) electrons. The van der Waals surface area contributed by atoms with Crippen LogP contribution in [0.4, 0.5) is 4.39 Å². The summed E-state index contributed by atoms with van der Waals surface area (Å²) in [5, 5.41) is 12.4. The minimum atomic E-state index is -0.461. The first-order chi connectivity index (χ1) is 15.5. The number of nitrogens with one attached hydrogen (secondary N) is 1. The third-order valence-electron chi connectivity index (χ3n) is 5.28. The van der Waals surface area contributed by atoms with E-state index in [0.29, 0.717) is 23.7 Å².